The lowest BCUT2D eigenvalue weighted by Gasteiger charge is -2.15. The third-order valence-electron chi connectivity index (χ3n) is 2.27. The van der Waals surface area contributed by atoms with E-state index >= 15 is 0 Å². The van der Waals surface area contributed by atoms with E-state index in [-0.39, 0.29) is 6.10 Å². The number of hydrogen-bond acceptors (Lipinski definition) is 4. The van der Waals surface area contributed by atoms with Crippen molar-refractivity contribution in [2.75, 3.05) is 11.9 Å². The monoisotopic (exact) mass is 243 g/mol. The van der Waals surface area contributed by atoms with Crippen LogP contribution < -0.4 is 5.32 Å². The van der Waals surface area contributed by atoms with Crippen LogP contribution in [0.25, 0.3) is 0 Å². The number of anilines is 1. The molecule has 0 radical (unpaired) electrons. The Labute approximate surface area is 101 Å². The quantitative estimate of drug-likeness (QED) is 0.779. The van der Waals surface area contributed by atoms with Gasteiger partial charge in [0.1, 0.15) is 17.3 Å². The zero-order chi connectivity index (χ0) is 12.1. The third kappa shape index (κ3) is 3.94. The number of nitrogens with one attached hydrogen (secondary N) is 1. The van der Waals surface area contributed by atoms with Gasteiger partial charge >= 0.3 is 0 Å². The highest BCUT2D eigenvalue weighted by atomic mass is 35.5. The van der Waals surface area contributed by atoms with Crippen molar-refractivity contribution in [2.24, 2.45) is 5.92 Å². The highest BCUT2D eigenvalue weighted by Crippen LogP contribution is 2.17. The van der Waals surface area contributed by atoms with Crippen LogP contribution in [0.4, 0.5) is 5.82 Å². The van der Waals surface area contributed by atoms with Gasteiger partial charge in [-0.25, -0.2) is 9.97 Å². The number of hydrogen-bond donors (Lipinski definition) is 2. The Morgan fingerprint density at radius 2 is 2.12 bits per heavy atom. The largest absolute Gasteiger partial charge is 0.391 e. The lowest BCUT2D eigenvalue weighted by Crippen LogP contribution is -2.22. The van der Waals surface area contributed by atoms with E-state index in [1.807, 2.05) is 6.92 Å². The molecule has 90 valence electrons. The number of halogens is 1. The molecule has 0 saturated carbocycles. The van der Waals surface area contributed by atoms with E-state index in [9.17, 15) is 5.11 Å². The van der Waals surface area contributed by atoms with Crippen LogP contribution in [0.1, 0.15) is 25.8 Å². The van der Waals surface area contributed by atoms with Gasteiger partial charge in [0.2, 0.25) is 0 Å². The molecule has 16 heavy (non-hydrogen) atoms. The minimum absolute atomic E-state index is 0.367. The summed E-state index contributed by atoms with van der Waals surface area (Å²) in [6, 6.07) is 0. The van der Waals surface area contributed by atoms with Crippen LogP contribution in [0.2, 0.25) is 5.15 Å². The van der Waals surface area contributed by atoms with Crippen molar-refractivity contribution in [1.82, 2.24) is 9.97 Å². The molecule has 0 aliphatic rings. The maximum atomic E-state index is 9.70. The molecule has 0 aromatic carbocycles. The molecule has 2 N–H and O–H groups in total. The minimum Gasteiger partial charge on any atom is -0.391 e. The van der Waals surface area contributed by atoms with Crippen LogP contribution >= 0.6 is 11.6 Å². The SMILES string of the molecule is Cc1c(Cl)ncnc1NCC(O)CC(C)C. The number of rotatable bonds is 5. The molecule has 1 heterocycles. The maximum absolute atomic E-state index is 9.70. The third-order valence-corrected chi connectivity index (χ3v) is 2.65. The summed E-state index contributed by atoms with van der Waals surface area (Å²) in [5.41, 5.74) is 0.806. The smallest absolute Gasteiger partial charge is 0.137 e. The Hall–Kier alpha value is -0.870. The van der Waals surface area contributed by atoms with Gasteiger partial charge in [-0.05, 0) is 19.3 Å². The van der Waals surface area contributed by atoms with Gasteiger partial charge in [-0.1, -0.05) is 25.4 Å². The molecule has 0 aliphatic carbocycles. The fourth-order valence-corrected chi connectivity index (χ4v) is 1.58. The molecule has 5 heteroatoms. The topological polar surface area (TPSA) is 58.0 Å². The Balaban J connectivity index is 2.51. The van der Waals surface area contributed by atoms with Gasteiger partial charge in [-0.15, -0.1) is 0 Å². The van der Waals surface area contributed by atoms with Gasteiger partial charge in [-0.2, -0.15) is 0 Å². The standard InChI is InChI=1S/C11H18ClN3O/c1-7(2)4-9(16)5-13-11-8(3)10(12)14-6-15-11/h6-7,9,16H,4-5H2,1-3H3,(H,13,14,15). The van der Waals surface area contributed by atoms with E-state index in [4.69, 9.17) is 11.6 Å². The van der Waals surface area contributed by atoms with E-state index in [1.54, 1.807) is 0 Å². The van der Waals surface area contributed by atoms with Crippen molar-refractivity contribution >= 4 is 17.4 Å². The first-order valence-electron chi connectivity index (χ1n) is 5.39. The number of aromatic nitrogens is 2. The second-order valence-corrected chi connectivity index (χ2v) is 4.66. The molecule has 1 aromatic heterocycles. The second kappa shape index (κ2) is 6.01. The van der Waals surface area contributed by atoms with E-state index < -0.39 is 0 Å². The molecule has 0 fully saturated rings. The van der Waals surface area contributed by atoms with Gasteiger partial charge in [0.15, 0.2) is 0 Å². The average Bonchev–Trinajstić information content (AvgIpc) is 2.19. The Morgan fingerprint density at radius 3 is 2.75 bits per heavy atom. The van der Waals surface area contributed by atoms with Crippen LogP contribution in [0.3, 0.4) is 0 Å². The first-order chi connectivity index (χ1) is 7.50. The summed E-state index contributed by atoms with van der Waals surface area (Å²) in [4.78, 5) is 7.94. The van der Waals surface area contributed by atoms with Gasteiger partial charge in [0.25, 0.3) is 0 Å². The zero-order valence-corrected chi connectivity index (χ0v) is 10.6. The summed E-state index contributed by atoms with van der Waals surface area (Å²) >= 11 is 5.86. The molecular weight excluding hydrogens is 226 g/mol. The summed E-state index contributed by atoms with van der Waals surface area (Å²) in [6.07, 6.45) is 1.81. The first-order valence-corrected chi connectivity index (χ1v) is 5.77. The normalized spacial score (nSPS) is 12.9. The molecule has 0 saturated heterocycles. The molecule has 0 spiro atoms. The zero-order valence-electron chi connectivity index (χ0n) is 9.87. The predicted octanol–water partition coefficient (Wildman–Crippen LogP) is 2.26. The maximum Gasteiger partial charge on any atom is 0.137 e. The Bertz CT molecular complexity index is 344. The van der Waals surface area contributed by atoms with E-state index in [1.165, 1.54) is 6.33 Å². The average molecular weight is 244 g/mol. The molecular formula is C11H18ClN3O. The van der Waals surface area contributed by atoms with Gasteiger partial charge < -0.3 is 10.4 Å². The van der Waals surface area contributed by atoms with Gasteiger partial charge in [0.05, 0.1) is 6.10 Å². The van der Waals surface area contributed by atoms with Crippen molar-refractivity contribution in [3.05, 3.63) is 17.0 Å². The highest BCUT2D eigenvalue weighted by molar-refractivity contribution is 6.30. The van der Waals surface area contributed by atoms with Crippen LogP contribution in [-0.2, 0) is 0 Å². The highest BCUT2D eigenvalue weighted by Gasteiger charge is 2.09. The summed E-state index contributed by atoms with van der Waals surface area (Å²) in [6.45, 7) is 6.48. The molecule has 0 aliphatic heterocycles. The van der Waals surface area contributed by atoms with Gasteiger partial charge in [0, 0.05) is 12.1 Å². The predicted molar refractivity (Wildman–Crippen MR) is 65.7 cm³/mol. The van der Waals surface area contributed by atoms with Gasteiger partial charge in [-0.3, -0.25) is 0 Å². The van der Waals surface area contributed by atoms with Crippen LogP contribution in [-0.4, -0.2) is 27.7 Å². The summed E-state index contributed by atoms with van der Waals surface area (Å²) in [5.74, 6) is 1.16. The number of aliphatic hydroxyl groups excluding tert-OH is 1. The Morgan fingerprint density at radius 1 is 1.44 bits per heavy atom. The fraction of sp³-hybridized carbons (Fsp3) is 0.636. The fourth-order valence-electron chi connectivity index (χ4n) is 1.45. The Kier molecular flexibility index (Phi) is 4.96. The van der Waals surface area contributed by atoms with E-state index in [2.05, 4.69) is 29.1 Å². The first kappa shape index (κ1) is 13.2. The molecule has 1 unspecified atom stereocenters. The lowest BCUT2D eigenvalue weighted by molar-refractivity contribution is 0.161. The second-order valence-electron chi connectivity index (χ2n) is 4.30. The molecule has 1 atom stereocenters. The van der Waals surface area contributed by atoms with Crippen molar-refractivity contribution in [3.8, 4) is 0 Å². The van der Waals surface area contributed by atoms with Crippen LogP contribution in [0, 0.1) is 12.8 Å². The van der Waals surface area contributed by atoms with Crippen molar-refractivity contribution in [2.45, 2.75) is 33.3 Å². The summed E-state index contributed by atoms with van der Waals surface area (Å²) < 4.78 is 0. The molecule has 1 rings (SSSR count). The van der Waals surface area contributed by atoms with Crippen molar-refractivity contribution in [1.29, 1.82) is 0 Å². The number of aliphatic hydroxyl groups is 1. The van der Waals surface area contributed by atoms with Crippen molar-refractivity contribution < 1.29 is 5.11 Å². The van der Waals surface area contributed by atoms with E-state index in [0.717, 1.165) is 12.0 Å². The molecule has 1 aromatic rings. The van der Waals surface area contributed by atoms with Crippen LogP contribution in [0.5, 0.6) is 0 Å². The summed E-state index contributed by atoms with van der Waals surface area (Å²) in [5, 5.41) is 13.2. The summed E-state index contributed by atoms with van der Waals surface area (Å²) in [7, 11) is 0. The molecule has 0 bridgehead atoms. The molecule has 4 nitrogen and oxygen atoms in total. The minimum atomic E-state index is -0.367. The number of nitrogens with zero attached hydrogens (tertiary/aromatic N) is 2. The van der Waals surface area contributed by atoms with Crippen molar-refractivity contribution in [3.63, 3.8) is 0 Å². The molecule has 0 amide bonds. The van der Waals surface area contributed by atoms with E-state index in [0.29, 0.717) is 23.4 Å². The lowest BCUT2D eigenvalue weighted by atomic mass is 10.1. The van der Waals surface area contributed by atoms with Crippen LogP contribution in [0.15, 0.2) is 6.33 Å².